The number of aromatic nitrogens is 2. The van der Waals surface area contributed by atoms with Crippen molar-refractivity contribution in [2.24, 2.45) is 0 Å². The molecule has 0 spiro atoms. The largest absolute Gasteiger partial charge is 0.376 e. The van der Waals surface area contributed by atoms with Crippen LogP contribution in [0.5, 0.6) is 0 Å². The van der Waals surface area contributed by atoms with Crippen LogP contribution in [0.1, 0.15) is 44.2 Å². The smallest absolute Gasteiger partial charge is 0.254 e. The standard InChI is InChI=1S/C23H32N4O3/c1-18(30-17-21-9-5-6-14-29-21)23(28)25-22-10-12-24-27(22)20-11-13-26(16-20)15-19-7-3-2-4-8-19/h2-4,7-8,10,12,18,20-21H,5-6,9,11,13-17H2,1H3,(H,25,28)/t18-,20+,21-/m0/s1. The Kier molecular flexibility index (Phi) is 7.15. The highest BCUT2D eigenvalue weighted by atomic mass is 16.5. The van der Waals surface area contributed by atoms with Crippen molar-refractivity contribution in [3.05, 3.63) is 48.2 Å². The first-order chi connectivity index (χ1) is 14.7. The number of hydrogen-bond acceptors (Lipinski definition) is 5. The number of nitrogens with one attached hydrogen (secondary N) is 1. The van der Waals surface area contributed by atoms with E-state index in [0.717, 1.165) is 57.7 Å². The maximum absolute atomic E-state index is 12.6. The van der Waals surface area contributed by atoms with Gasteiger partial charge in [0.25, 0.3) is 5.91 Å². The molecule has 3 atom stereocenters. The van der Waals surface area contributed by atoms with Crippen molar-refractivity contribution >= 4 is 11.7 Å². The number of likely N-dealkylation sites (tertiary alicyclic amines) is 1. The zero-order valence-electron chi connectivity index (χ0n) is 17.7. The van der Waals surface area contributed by atoms with Crippen LogP contribution in [0.4, 0.5) is 5.82 Å². The third-order valence-electron chi connectivity index (χ3n) is 5.94. The molecule has 0 unspecified atom stereocenters. The fraction of sp³-hybridized carbons (Fsp3) is 0.565. The van der Waals surface area contributed by atoms with E-state index >= 15 is 0 Å². The second-order valence-electron chi connectivity index (χ2n) is 8.28. The molecule has 30 heavy (non-hydrogen) atoms. The second kappa shape index (κ2) is 10.2. The predicted molar refractivity (Wildman–Crippen MR) is 115 cm³/mol. The van der Waals surface area contributed by atoms with Gasteiger partial charge in [0.2, 0.25) is 0 Å². The summed E-state index contributed by atoms with van der Waals surface area (Å²) in [5.74, 6) is 0.586. The molecule has 1 aromatic heterocycles. The number of benzene rings is 1. The van der Waals surface area contributed by atoms with Crippen LogP contribution in [0, 0.1) is 0 Å². The molecule has 0 bridgehead atoms. The average molecular weight is 413 g/mol. The number of carbonyl (C=O) groups is 1. The molecule has 162 valence electrons. The summed E-state index contributed by atoms with van der Waals surface area (Å²) < 4.78 is 13.4. The molecule has 4 rings (SSSR count). The van der Waals surface area contributed by atoms with Crippen LogP contribution in [0.15, 0.2) is 42.6 Å². The summed E-state index contributed by atoms with van der Waals surface area (Å²) in [6, 6.07) is 12.6. The molecule has 1 aromatic carbocycles. The predicted octanol–water partition coefficient (Wildman–Crippen LogP) is 3.24. The molecule has 0 aliphatic carbocycles. The Morgan fingerprint density at radius 3 is 2.93 bits per heavy atom. The van der Waals surface area contributed by atoms with Gasteiger partial charge in [-0.2, -0.15) is 5.10 Å². The Morgan fingerprint density at radius 1 is 1.27 bits per heavy atom. The Bertz CT molecular complexity index is 804. The van der Waals surface area contributed by atoms with E-state index in [1.807, 2.05) is 16.8 Å². The molecule has 7 heteroatoms. The van der Waals surface area contributed by atoms with Crippen molar-refractivity contribution in [1.82, 2.24) is 14.7 Å². The molecule has 1 amide bonds. The third kappa shape index (κ3) is 5.47. The number of carbonyl (C=O) groups excluding carboxylic acids is 1. The Morgan fingerprint density at radius 2 is 2.13 bits per heavy atom. The van der Waals surface area contributed by atoms with Gasteiger partial charge in [-0.15, -0.1) is 0 Å². The van der Waals surface area contributed by atoms with Crippen molar-refractivity contribution in [3.63, 3.8) is 0 Å². The quantitative estimate of drug-likeness (QED) is 0.721. The molecule has 0 radical (unpaired) electrons. The van der Waals surface area contributed by atoms with Crippen molar-refractivity contribution < 1.29 is 14.3 Å². The summed E-state index contributed by atoms with van der Waals surface area (Å²) in [4.78, 5) is 15.1. The van der Waals surface area contributed by atoms with Gasteiger partial charge in [-0.3, -0.25) is 9.69 Å². The van der Waals surface area contributed by atoms with E-state index < -0.39 is 6.10 Å². The molecule has 2 aliphatic heterocycles. The minimum atomic E-state index is -0.531. The number of nitrogens with zero attached hydrogens (tertiary/aromatic N) is 3. The van der Waals surface area contributed by atoms with Crippen LogP contribution in [0.25, 0.3) is 0 Å². The summed E-state index contributed by atoms with van der Waals surface area (Å²) in [6.07, 6.45) is 5.61. The number of ether oxygens (including phenoxy) is 2. The van der Waals surface area contributed by atoms with Gasteiger partial charge >= 0.3 is 0 Å². The summed E-state index contributed by atoms with van der Waals surface area (Å²) in [5.41, 5.74) is 1.32. The minimum absolute atomic E-state index is 0.105. The van der Waals surface area contributed by atoms with Crippen LogP contribution in [-0.2, 0) is 20.8 Å². The van der Waals surface area contributed by atoms with Gasteiger partial charge in [-0.1, -0.05) is 30.3 Å². The number of amides is 1. The van der Waals surface area contributed by atoms with Crippen LogP contribution < -0.4 is 5.32 Å². The number of rotatable bonds is 8. The highest BCUT2D eigenvalue weighted by molar-refractivity contribution is 5.93. The first-order valence-electron chi connectivity index (χ1n) is 11.0. The lowest BCUT2D eigenvalue weighted by Gasteiger charge is -2.24. The van der Waals surface area contributed by atoms with Gasteiger partial charge < -0.3 is 14.8 Å². The summed E-state index contributed by atoms with van der Waals surface area (Å²) in [6.45, 7) is 5.92. The minimum Gasteiger partial charge on any atom is -0.376 e. The zero-order chi connectivity index (χ0) is 20.8. The maximum Gasteiger partial charge on any atom is 0.254 e. The number of anilines is 1. The molecular formula is C23H32N4O3. The highest BCUT2D eigenvalue weighted by Crippen LogP contribution is 2.26. The van der Waals surface area contributed by atoms with E-state index in [1.165, 1.54) is 5.56 Å². The molecule has 1 N–H and O–H groups in total. The lowest BCUT2D eigenvalue weighted by molar-refractivity contribution is -0.130. The Balaban J connectivity index is 1.28. The van der Waals surface area contributed by atoms with Crippen molar-refractivity contribution in [2.75, 3.05) is 31.6 Å². The molecular weight excluding hydrogens is 380 g/mol. The van der Waals surface area contributed by atoms with Gasteiger partial charge in [-0.05, 0) is 38.2 Å². The van der Waals surface area contributed by atoms with E-state index in [9.17, 15) is 4.79 Å². The molecule has 2 saturated heterocycles. The topological polar surface area (TPSA) is 68.6 Å². The molecule has 7 nitrogen and oxygen atoms in total. The molecule has 2 aromatic rings. The first kappa shape index (κ1) is 21.0. The number of hydrogen-bond donors (Lipinski definition) is 1. The van der Waals surface area contributed by atoms with E-state index in [2.05, 4.69) is 39.6 Å². The molecule has 2 aliphatic rings. The first-order valence-corrected chi connectivity index (χ1v) is 11.0. The summed E-state index contributed by atoms with van der Waals surface area (Å²) in [5, 5.41) is 7.48. The van der Waals surface area contributed by atoms with Gasteiger partial charge in [0.05, 0.1) is 24.9 Å². The van der Waals surface area contributed by atoms with Crippen LogP contribution in [-0.4, -0.2) is 59.1 Å². The summed E-state index contributed by atoms with van der Waals surface area (Å²) >= 11 is 0. The van der Waals surface area contributed by atoms with Gasteiger partial charge in [-0.25, -0.2) is 4.68 Å². The van der Waals surface area contributed by atoms with E-state index in [0.29, 0.717) is 6.61 Å². The van der Waals surface area contributed by atoms with E-state index in [1.54, 1.807) is 13.1 Å². The maximum atomic E-state index is 12.6. The average Bonchev–Trinajstić information content (AvgIpc) is 3.42. The fourth-order valence-electron chi connectivity index (χ4n) is 4.20. The Hall–Kier alpha value is -2.22. The zero-order valence-corrected chi connectivity index (χ0v) is 17.7. The SMILES string of the molecule is C[C@H](OC[C@@H]1CCCCO1)C(=O)Nc1ccnn1[C@@H]1CCN(Cc2ccccc2)C1. The monoisotopic (exact) mass is 412 g/mol. The van der Waals surface area contributed by atoms with E-state index in [-0.39, 0.29) is 18.1 Å². The molecule has 0 saturated carbocycles. The van der Waals surface area contributed by atoms with Crippen molar-refractivity contribution in [1.29, 1.82) is 0 Å². The molecule has 2 fully saturated rings. The van der Waals surface area contributed by atoms with Gasteiger partial charge in [0.1, 0.15) is 11.9 Å². The fourth-order valence-corrected chi connectivity index (χ4v) is 4.20. The molecule has 3 heterocycles. The Labute approximate surface area is 178 Å². The van der Waals surface area contributed by atoms with Crippen LogP contribution in [0.3, 0.4) is 0 Å². The second-order valence-corrected chi connectivity index (χ2v) is 8.28. The van der Waals surface area contributed by atoms with Crippen molar-refractivity contribution in [3.8, 4) is 0 Å². The van der Waals surface area contributed by atoms with Gasteiger partial charge in [0.15, 0.2) is 0 Å². The van der Waals surface area contributed by atoms with Crippen molar-refractivity contribution in [2.45, 2.75) is 57.4 Å². The highest BCUT2D eigenvalue weighted by Gasteiger charge is 2.27. The van der Waals surface area contributed by atoms with Crippen LogP contribution >= 0.6 is 0 Å². The van der Waals surface area contributed by atoms with Crippen LogP contribution in [0.2, 0.25) is 0 Å². The lowest BCUT2D eigenvalue weighted by atomic mass is 10.1. The summed E-state index contributed by atoms with van der Waals surface area (Å²) in [7, 11) is 0. The lowest BCUT2D eigenvalue weighted by Crippen LogP contribution is -2.33. The third-order valence-corrected chi connectivity index (χ3v) is 5.94. The van der Waals surface area contributed by atoms with E-state index in [4.69, 9.17) is 9.47 Å². The normalized spacial score (nSPS) is 23.4. The van der Waals surface area contributed by atoms with Gasteiger partial charge in [0, 0.05) is 32.3 Å².